The molecule has 0 spiro atoms. The minimum Gasteiger partial charge on any atom is -0.462 e. The van der Waals surface area contributed by atoms with E-state index in [-0.39, 0.29) is 24.3 Å². The third-order valence-electron chi connectivity index (χ3n) is 5.48. The number of nitrogens with two attached hydrogens (primary N) is 1. The molecule has 3 N–H and O–H groups in total. The number of aromatic nitrogens is 3. The molecule has 3 heterocycles. The number of fused-ring (bicyclic) bond motifs is 1. The van der Waals surface area contributed by atoms with Crippen molar-refractivity contribution in [2.45, 2.75) is 64.4 Å². The lowest BCUT2D eigenvalue weighted by molar-refractivity contribution is -0.153. The molecule has 35 heavy (non-hydrogen) atoms. The molecule has 188 valence electrons. The van der Waals surface area contributed by atoms with Gasteiger partial charge >= 0.3 is 14.5 Å². The molecule has 0 saturated carbocycles. The number of nitrogens with zero attached hydrogens (tertiary/aromatic N) is 3. The number of hydrogen-bond donors (Lipinski definition) is 2. The lowest BCUT2D eigenvalue weighted by Gasteiger charge is -2.29. The number of carbonyl (C=O) groups is 1. The Hall–Kier alpha value is -2.78. The predicted molar refractivity (Wildman–Crippen MR) is 133 cm³/mol. The second-order valence-corrected chi connectivity index (χ2v) is 10.4. The highest BCUT2D eigenvalue weighted by molar-refractivity contribution is 7.45. The predicted octanol–water partition coefficient (Wildman–Crippen LogP) is 4.17. The zero-order chi connectivity index (χ0) is 25.0. The molecule has 2 aromatic heterocycles. The summed E-state index contributed by atoms with van der Waals surface area (Å²) < 4.78 is 25.6. The van der Waals surface area contributed by atoms with Crippen molar-refractivity contribution in [3.63, 3.8) is 0 Å². The van der Waals surface area contributed by atoms with Crippen LogP contribution in [0.15, 0.2) is 48.8 Å². The number of ether oxygens (including phenoxy) is 2. The van der Waals surface area contributed by atoms with Gasteiger partial charge in [0, 0.05) is 0 Å². The Labute approximate surface area is 206 Å². The lowest BCUT2D eigenvalue weighted by atomic mass is 10.1. The monoisotopic (exact) mass is 501 g/mol. The summed E-state index contributed by atoms with van der Waals surface area (Å²) in [6.07, 6.45) is 2.58. The highest BCUT2D eigenvalue weighted by atomic mass is 31.2. The summed E-state index contributed by atoms with van der Waals surface area (Å²) in [7, 11) is -1.66. The second-order valence-electron chi connectivity index (χ2n) is 9.17. The Morgan fingerprint density at radius 2 is 2.03 bits per heavy atom. The Kier molecular flexibility index (Phi) is 7.86. The lowest BCUT2D eigenvalue weighted by Crippen LogP contribution is -2.46. The molecule has 0 bridgehead atoms. The number of carbonyl (C=O) groups excluding carboxylic acids is 1. The Morgan fingerprint density at radius 1 is 1.26 bits per heavy atom. The SMILES string of the molecule is CC(C)OC(=O)C(C)(C)NP(OCC1CCC(c2ccc3c(N)ncnn23)O1)Oc1ccccc1. The molecule has 4 rings (SSSR count). The van der Waals surface area contributed by atoms with Crippen LogP contribution in [0.4, 0.5) is 5.82 Å². The summed E-state index contributed by atoms with van der Waals surface area (Å²) in [5.74, 6) is 0.692. The summed E-state index contributed by atoms with van der Waals surface area (Å²) in [5.41, 5.74) is 6.63. The van der Waals surface area contributed by atoms with E-state index in [1.165, 1.54) is 6.33 Å². The van der Waals surface area contributed by atoms with Gasteiger partial charge in [-0.25, -0.2) is 14.6 Å². The van der Waals surface area contributed by atoms with Crippen molar-refractivity contribution in [3.05, 3.63) is 54.5 Å². The van der Waals surface area contributed by atoms with Crippen LogP contribution in [-0.4, -0.2) is 44.9 Å². The van der Waals surface area contributed by atoms with Crippen LogP contribution in [0.25, 0.3) is 5.52 Å². The number of nitrogen functional groups attached to an aromatic ring is 1. The molecule has 0 amide bonds. The Bertz CT molecular complexity index is 1140. The summed E-state index contributed by atoms with van der Waals surface area (Å²) in [6.45, 7) is 7.43. The number of rotatable bonds is 10. The quantitative estimate of drug-likeness (QED) is 0.311. The van der Waals surface area contributed by atoms with Crippen molar-refractivity contribution in [1.82, 2.24) is 19.7 Å². The van der Waals surface area contributed by atoms with E-state index < -0.39 is 14.1 Å². The van der Waals surface area contributed by atoms with Gasteiger partial charge in [0.2, 0.25) is 0 Å². The van der Waals surface area contributed by atoms with Gasteiger partial charge in [-0.1, -0.05) is 18.2 Å². The van der Waals surface area contributed by atoms with E-state index >= 15 is 0 Å². The molecule has 1 fully saturated rings. The van der Waals surface area contributed by atoms with Gasteiger partial charge in [0.05, 0.1) is 24.5 Å². The molecule has 0 radical (unpaired) electrons. The summed E-state index contributed by atoms with van der Waals surface area (Å²) in [6, 6.07) is 13.2. The molecular formula is C24H32N5O5P. The number of hydrogen-bond acceptors (Lipinski definition) is 9. The van der Waals surface area contributed by atoms with Crippen LogP contribution in [0, 0.1) is 0 Å². The average molecular weight is 502 g/mol. The first-order chi connectivity index (χ1) is 16.7. The van der Waals surface area contributed by atoms with Crippen LogP contribution in [0.1, 0.15) is 52.3 Å². The fourth-order valence-electron chi connectivity index (χ4n) is 3.71. The van der Waals surface area contributed by atoms with Crippen LogP contribution in [0.2, 0.25) is 0 Å². The molecule has 3 aromatic rings. The molecule has 3 unspecified atom stereocenters. The molecule has 11 heteroatoms. The number of anilines is 1. The van der Waals surface area contributed by atoms with Crippen LogP contribution < -0.4 is 15.3 Å². The van der Waals surface area contributed by atoms with E-state index in [9.17, 15) is 4.79 Å². The molecule has 0 aliphatic carbocycles. The number of benzene rings is 1. The van der Waals surface area contributed by atoms with Crippen molar-refractivity contribution in [2.24, 2.45) is 0 Å². The van der Waals surface area contributed by atoms with Gasteiger partial charge < -0.3 is 24.3 Å². The van der Waals surface area contributed by atoms with Gasteiger partial charge in [-0.3, -0.25) is 4.79 Å². The smallest absolute Gasteiger partial charge is 0.326 e. The number of esters is 1. The van der Waals surface area contributed by atoms with Crippen molar-refractivity contribution in [1.29, 1.82) is 0 Å². The molecule has 1 saturated heterocycles. The van der Waals surface area contributed by atoms with Crippen LogP contribution >= 0.6 is 8.53 Å². The summed E-state index contributed by atoms with van der Waals surface area (Å²) in [5, 5.41) is 7.51. The molecule has 1 aliphatic rings. The van der Waals surface area contributed by atoms with Crippen molar-refractivity contribution in [2.75, 3.05) is 12.3 Å². The van der Waals surface area contributed by atoms with Crippen molar-refractivity contribution >= 4 is 25.8 Å². The van der Waals surface area contributed by atoms with E-state index in [1.807, 2.05) is 56.3 Å². The largest absolute Gasteiger partial charge is 0.462 e. The van der Waals surface area contributed by atoms with Gasteiger partial charge in [-0.2, -0.15) is 5.10 Å². The topological polar surface area (TPSA) is 122 Å². The molecule has 3 atom stereocenters. The maximum absolute atomic E-state index is 12.6. The first kappa shape index (κ1) is 25.3. The fraction of sp³-hybridized carbons (Fsp3) is 0.458. The first-order valence-corrected chi connectivity index (χ1v) is 12.8. The maximum atomic E-state index is 12.6. The highest BCUT2D eigenvalue weighted by Gasteiger charge is 2.36. The first-order valence-electron chi connectivity index (χ1n) is 11.6. The zero-order valence-corrected chi connectivity index (χ0v) is 21.3. The third kappa shape index (κ3) is 6.27. The van der Waals surface area contributed by atoms with Crippen LogP contribution in [-0.2, 0) is 18.8 Å². The van der Waals surface area contributed by atoms with Gasteiger partial charge in [-0.05, 0) is 64.8 Å². The Balaban J connectivity index is 1.40. The van der Waals surface area contributed by atoms with Gasteiger partial charge in [0.15, 0.2) is 5.82 Å². The Morgan fingerprint density at radius 3 is 2.77 bits per heavy atom. The van der Waals surface area contributed by atoms with E-state index in [0.717, 1.165) is 24.1 Å². The van der Waals surface area contributed by atoms with Crippen LogP contribution in [0.5, 0.6) is 5.75 Å². The second kappa shape index (κ2) is 10.9. The third-order valence-corrected chi connectivity index (χ3v) is 6.98. The van der Waals surface area contributed by atoms with E-state index in [0.29, 0.717) is 18.2 Å². The highest BCUT2D eigenvalue weighted by Crippen LogP contribution is 2.40. The van der Waals surface area contributed by atoms with Gasteiger partial charge in [-0.15, -0.1) is 0 Å². The van der Waals surface area contributed by atoms with E-state index in [4.69, 9.17) is 24.3 Å². The van der Waals surface area contributed by atoms with Gasteiger partial charge in [0.1, 0.15) is 29.2 Å². The molecule has 1 aromatic carbocycles. The molecule has 10 nitrogen and oxygen atoms in total. The minimum atomic E-state index is -1.66. The summed E-state index contributed by atoms with van der Waals surface area (Å²) in [4.78, 5) is 16.6. The zero-order valence-electron chi connectivity index (χ0n) is 20.4. The van der Waals surface area contributed by atoms with Gasteiger partial charge in [0.25, 0.3) is 0 Å². The number of para-hydroxylation sites is 1. The van der Waals surface area contributed by atoms with Crippen molar-refractivity contribution in [3.8, 4) is 5.75 Å². The van der Waals surface area contributed by atoms with E-state index in [2.05, 4.69) is 15.2 Å². The number of nitrogens with one attached hydrogen (secondary N) is 1. The molecule has 1 aliphatic heterocycles. The van der Waals surface area contributed by atoms with Crippen LogP contribution in [0.3, 0.4) is 0 Å². The molecular weight excluding hydrogens is 469 g/mol. The minimum absolute atomic E-state index is 0.132. The fourth-order valence-corrected chi connectivity index (χ4v) is 5.03. The van der Waals surface area contributed by atoms with Crippen molar-refractivity contribution < 1.29 is 23.3 Å². The summed E-state index contributed by atoms with van der Waals surface area (Å²) >= 11 is 0. The van der Waals surface area contributed by atoms with E-state index in [1.54, 1.807) is 18.4 Å². The normalized spacial score (nSPS) is 19.2. The standard InChI is InChI=1S/C24H32N5O5P/c1-16(2)32-23(30)24(3,4)28-35(34-17-8-6-5-7-9-17)31-14-18-10-13-21(33-18)19-11-12-20-22(25)26-15-27-29(19)20/h5-9,11-12,15-16,18,21,28H,10,13-14H2,1-4H3,(H2,25,26,27). The maximum Gasteiger partial charge on any atom is 0.326 e. The average Bonchev–Trinajstić information content (AvgIpc) is 3.45.